The third kappa shape index (κ3) is 7.60. The van der Waals surface area contributed by atoms with Gasteiger partial charge in [0, 0.05) is 12.5 Å². The average Bonchev–Trinajstić information content (AvgIpc) is 2.26. The van der Waals surface area contributed by atoms with Crippen LogP contribution in [0.25, 0.3) is 0 Å². The van der Waals surface area contributed by atoms with Crippen LogP contribution in [-0.2, 0) is 20.4 Å². The summed E-state index contributed by atoms with van der Waals surface area (Å²) in [5.74, 6) is 0.828. The van der Waals surface area contributed by atoms with E-state index < -0.39 is 17.7 Å². The van der Waals surface area contributed by atoms with Gasteiger partial charge >= 0.3 is 6.09 Å². The van der Waals surface area contributed by atoms with Crippen LogP contribution in [0.1, 0.15) is 46.5 Å². The minimum Gasteiger partial charge on any atom is -0.444 e. The summed E-state index contributed by atoms with van der Waals surface area (Å²) in [7, 11) is 0.241. The fraction of sp³-hybridized carbons (Fsp3) is 0.867. The predicted molar refractivity (Wildman–Crippen MR) is 87.6 cm³/mol. The van der Waals surface area contributed by atoms with Crippen LogP contribution in [0.5, 0.6) is 0 Å². The fourth-order valence-corrected chi connectivity index (χ4v) is 2.63. The SMILES string of the molecule is C[S+](C)CCC(NC(=O)OC(C)(C)C)C(=O)NC1CCC1. The largest absolute Gasteiger partial charge is 0.444 e. The second kappa shape index (κ2) is 7.92. The van der Waals surface area contributed by atoms with Gasteiger partial charge in [-0.1, -0.05) is 0 Å². The van der Waals surface area contributed by atoms with E-state index in [0.29, 0.717) is 6.42 Å². The molecule has 1 aliphatic rings. The van der Waals surface area contributed by atoms with Crippen LogP contribution in [0.15, 0.2) is 0 Å². The van der Waals surface area contributed by atoms with Gasteiger partial charge in [0.25, 0.3) is 0 Å². The lowest BCUT2D eigenvalue weighted by Gasteiger charge is -2.29. The molecule has 0 aromatic heterocycles. The molecular formula is C15H29N2O3S+. The first-order chi connectivity index (χ1) is 9.67. The molecule has 1 atom stereocenters. The van der Waals surface area contributed by atoms with E-state index in [4.69, 9.17) is 4.74 Å². The highest BCUT2D eigenvalue weighted by atomic mass is 32.2. The highest BCUT2D eigenvalue weighted by Gasteiger charge is 2.28. The average molecular weight is 317 g/mol. The van der Waals surface area contributed by atoms with Crippen LogP contribution in [0, 0.1) is 0 Å². The third-order valence-electron chi connectivity index (χ3n) is 3.27. The Kier molecular flexibility index (Phi) is 6.84. The standard InChI is InChI=1S/C15H28N2O3S/c1-15(2,3)20-14(19)17-12(9-10-21(4)5)13(18)16-11-7-6-8-11/h11-12H,6-10H2,1-5H3,(H-,16,17,18,19)/p+1. The molecule has 1 rings (SSSR count). The molecule has 21 heavy (non-hydrogen) atoms. The van der Waals surface area contributed by atoms with Gasteiger partial charge in [-0.2, -0.15) is 0 Å². The number of nitrogens with one attached hydrogen (secondary N) is 2. The van der Waals surface area contributed by atoms with E-state index in [2.05, 4.69) is 23.1 Å². The fourth-order valence-electron chi connectivity index (χ4n) is 1.93. The molecule has 0 spiro atoms. The number of carbonyl (C=O) groups is 2. The quantitative estimate of drug-likeness (QED) is 0.734. The molecule has 0 radical (unpaired) electrons. The molecule has 1 unspecified atom stereocenters. The Morgan fingerprint density at radius 2 is 1.90 bits per heavy atom. The molecule has 1 aliphatic carbocycles. The molecule has 0 aromatic rings. The van der Waals surface area contributed by atoms with Crippen LogP contribution in [0.4, 0.5) is 4.79 Å². The second-order valence-corrected chi connectivity index (χ2v) is 9.19. The van der Waals surface area contributed by atoms with Crippen molar-refractivity contribution in [2.24, 2.45) is 0 Å². The Morgan fingerprint density at radius 1 is 1.29 bits per heavy atom. The van der Waals surface area contributed by atoms with Crippen molar-refractivity contribution in [3.05, 3.63) is 0 Å². The number of rotatable bonds is 6. The smallest absolute Gasteiger partial charge is 0.408 e. The van der Waals surface area contributed by atoms with E-state index in [-0.39, 0.29) is 22.8 Å². The molecular weight excluding hydrogens is 288 g/mol. The van der Waals surface area contributed by atoms with Gasteiger partial charge in [0.05, 0.1) is 12.5 Å². The molecule has 0 heterocycles. The summed E-state index contributed by atoms with van der Waals surface area (Å²) in [5.41, 5.74) is -0.557. The first kappa shape index (κ1) is 18.1. The van der Waals surface area contributed by atoms with E-state index >= 15 is 0 Å². The second-order valence-electron chi connectivity index (χ2n) is 6.81. The number of amides is 2. The lowest BCUT2D eigenvalue weighted by molar-refractivity contribution is -0.124. The van der Waals surface area contributed by atoms with E-state index in [9.17, 15) is 9.59 Å². The highest BCUT2D eigenvalue weighted by molar-refractivity contribution is 7.95. The van der Waals surface area contributed by atoms with Gasteiger partial charge in [-0.05, 0) is 50.9 Å². The van der Waals surface area contributed by atoms with Crippen molar-refractivity contribution in [2.45, 2.75) is 64.1 Å². The monoisotopic (exact) mass is 317 g/mol. The van der Waals surface area contributed by atoms with Gasteiger partial charge in [0.1, 0.15) is 17.4 Å². The van der Waals surface area contributed by atoms with Gasteiger partial charge in [-0.25, -0.2) is 4.79 Å². The molecule has 0 bridgehead atoms. The topological polar surface area (TPSA) is 67.4 Å². The molecule has 0 saturated heterocycles. The van der Waals surface area contributed by atoms with Crippen molar-refractivity contribution >= 4 is 22.9 Å². The van der Waals surface area contributed by atoms with Crippen molar-refractivity contribution in [3.8, 4) is 0 Å². The minimum absolute atomic E-state index is 0.0870. The van der Waals surface area contributed by atoms with E-state index in [1.165, 1.54) is 6.42 Å². The first-order valence-corrected chi connectivity index (χ1v) is 9.72. The number of alkyl carbamates (subject to hydrolysis) is 1. The Labute approximate surface area is 130 Å². The molecule has 0 aliphatic heterocycles. The van der Waals surface area contributed by atoms with Gasteiger partial charge in [-0.15, -0.1) is 0 Å². The maximum atomic E-state index is 12.3. The van der Waals surface area contributed by atoms with Gasteiger partial charge in [0.2, 0.25) is 5.91 Å². The van der Waals surface area contributed by atoms with Crippen molar-refractivity contribution in [1.29, 1.82) is 0 Å². The van der Waals surface area contributed by atoms with E-state index in [1.807, 2.05) is 20.8 Å². The minimum atomic E-state index is -0.557. The first-order valence-electron chi connectivity index (χ1n) is 7.51. The van der Waals surface area contributed by atoms with Crippen LogP contribution in [0.2, 0.25) is 0 Å². The summed E-state index contributed by atoms with van der Waals surface area (Å²) < 4.78 is 5.24. The molecule has 122 valence electrons. The molecule has 5 nitrogen and oxygen atoms in total. The normalized spacial score (nSPS) is 17.0. The molecule has 2 N–H and O–H groups in total. The third-order valence-corrected chi connectivity index (χ3v) is 4.33. The van der Waals surface area contributed by atoms with Crippen molar-refractivity contribution < 1.29 is 14.3 Å². The van der Waals surface area contributed by atoms with E-state index in [0.717, 1.165) is 18.6 Å². The lowest BCUT2D eigenvalue weighted by atomic mass is 9.93. The summed E-state index contributed by atoms with van der Waals surface area (Å²) in [6.07, 6.45) is 7.63. The summed E-state index contributed by atoms with van der Waals surface area (Å²) in [4.78, 5) is 24.2. The summed E-state index contributed by atoms with van der Waals surface area (Å²) in [5, 5.41) is 5.72. The number of ether oxygens (including phenoxy) is 1. The van der Waals surface area contributed by atoms with Crippen LogP contribution in [-0.4, -0.2) is 47.9 Å². The van der Waals surface area contributed by atoms with Gasteiger partial charge in [-0.3, -0.25) is 4.79 Å². The predicted octanol–water partition coefficient (Wildman–Crippen LogP) is 1.82. The zero-order valence-electron chi connectivity index (χ0n) is 13.8. The number of carbonyl (C=O) groups excluding carboxylic acids is 2. The van der Waals surface area contributed by atoms with Crippen molar-refractivity contribution in [2.75, 3.05) is 18.3 Å². The van der Waals surface area contributed by atoms with Crippen LogP contribution < -0.4 is 10.6 Å². The highest BCUT2D eigenvalue weighted by Crippen LogP contribution is 2.18. The summed E-state index contributed by atoms with van der Waals surface area (Å²) in [6.45, 7) is 5.43. The van der Waals surface area contributed by atoms with Crippen LogP contribution >= 0.6 is 0 Å². The Morgan fingerprint density at radius 3 is 2.33 bits per heavy atom. The molecule has 1 saturated carbocycles. The van der Waals surface area contributed by atoms with Crippen molar-refractivity contribution in [3.63, 3.8) is 0 Å². The van der Waals surface area contributed by atoms with Crippen LogP contribution in [0.3, 0.4) is 0 Å². The van der Waals surface area contributed by atoms with Gasteiger partial charge in [0.15, 0.2) is 0 Å². The Balaban J connectivity index is 2.53. The summed E-state index contributed by atoms with van der Waals surface area (Å²) >= 11 is 0. The zero-order chi connectivity index (χ0) is 16.0. The van der Waals surface area contributed by atoms with Crippen molar-refractivity contribution in [1.82, 2.24) is 10.6 Å². The zero-order valence-corrected chi connectivity index (χ0v) is 14.6. The molecule has 6 heteroatoms. The Hall–Kier alpha value is -0.910. The number of hydrogen-bond acceptors (Lipinski definition) is 3. The maximum absolute atomic E-state index is 12.3. The van der Waals surface area contributed by atoms with E-state index in [1.54, 1.807) is 0 Å². The Bertz CT molecular complexity index is 362. The number of hydrogen-bond donors (Lipinski definition) is 2. The molecule has 1 fully saturated rings. The van der Waals surface area contributed by atoms with Gasteiger partial charge < -0.3 is 15.4 Å². The molecule has 0 aromatic carbocycles. The summed E-state index contributed by atoms with van der Waals surface area (Å²) in [6, 6.07) is -0.225. The molecule has 2 amide bonds. The lowest BCUT2D eigenvalue weighted by Crippen LogP contribution is -2.52. The maximum Gasteiger partial charge on any atom is 0.408 e.